The minimum absolute atomic E-state index is 0. The molecule has 3 aliphatic rings. The van der Waals surface area contributed by atoms with Crippen molar-refractivity contribution < 1.29 is 4.79 Å². The maximum Gasteiger partial charge on any atom is 0.222 e. The van der Waals surface area contributed by atoms with Gasteiger partial charge in [0.15, 0.2) is 0 Å². The van der Waals surface area contributed by atoms with Crippen molar-refractivity contribution in [3.8, 4) is 0 Å². The Morgan fingerprint density at radius 1 is 0.917 bits per heavy atom. The van der Waals surface area contributed by atoms with Crippen molar-refractivity contribution in [2.24, 2.45) is 11.8 Å². The van der Waals surface area contributed by atoms with Crippen molar-refractivity contribution in [1.82, 2.24) is 20.0 Å². The number of hydrogen-bond acceptors (Lipinski definition) is 4. The number of halogens is 1. The normalized spacial score (nSPS) is 25.5. The number of piperidine rings is 2. The molecule has 0 atom stereocenters. The number of likely N-dealkylation sites (N-methyl/N-ethyl adjacent to an activating group) is 1. The minimum Gasteiger partial charge on any atom is -0.340 e. The number of nitrogens with one attached hydrogen (secondary N) is 1. The number of rotatable bonds is 4. The molecule has 0 aliphatic carbocycles. The molecule has 0 aromatic heterocycles. The lowest BCUT2D eigenvalue weighted by Crippen LogP contribution is -2.48. The van der Waals surface area contributed by atoms with Crippen LogP contribution >= 0.6 is 12.4 Å². The van der Waals surface area contributed by atoms with Gasteiger partial charge in [-0.3, -0.25) is 4.79 Å². The van der Waals surface area contributed by atoms with E-state index in [9.17, 15) is 4.79 Å². The zero-order valence-electron chi connectivity index (χ0n) is 15.2. The molecule has 1 amide bonds. The summed E-state index contributed by atoms with van der Waals surface area (Å²) in [6.07, 6.45) is 5.88. The van der Waals surface area contributed by atoms with Gasteiger partial charge in [-0.15, -0.1) is 12.4 Å². The highest BCUT2D eigenvalue weighted by Crippen LogP contribution is 2.24. The molecule has 0 radical (unpaired) electrons. The lowest BCUT2D eigenvalue weighted by atomic mass is 9.91. The topological polar surface area (TPSA) is 38.8 Å². The smallest absolute Gasteiger partial charge is 0.222 e. The zero-order valence-corrected chi connectivity index (χ0v) is 16.0. The van der Waals surface area contributed by atoms with Crippen LogP contribution in [-0.2, 0) is 4.79 Å². The maximum absolute atomic E-state index is 12.5. The van der Waals surface area contributed by atoms with Gasteiger partial charge < -0.3 is 20.0 Å². The van der Waals surface area contributed by atoms with Crippen LogP contribution in [0, 0.1) is 11.8 Å². The summed E-state index contributed by atoms with van der Waals surface area (Å²) in [4.78, 5) is 19.5. The Kier molecular flexibility index (Phi) is 8.28. The first-order chi connectivity index (χ1) is 11.2. The van der Waals surface area contributed by atoms with Crippen LogP contribution in [0.1, 0.15) is 32.1 Å². The van der Waals surface area contributed by atoms with Gasteiger partial charge in [0, 0.05) is 39.1 Å². The van der Waals surface area contributed by atoms with Crippen LogP contribution in [0.25, 0.3) is 0 Å². The molecule has 0 aromatic carbocycles. The first kappa shape index (κ1) is 20.0. The van der Waals surface area contributed by atoms with Crippen molar-refractivity contribution in [3.05, 3.63) is 0 Å². The number of carbonyl (C=O) groups excluding carboxylic acids is 1. The van der Waals surface area contributed by atoms with E-state index in [1.807, 2.05) is 0 Å². The molecule has 3 saturated heterocycles. The van der Waals surface area contributed by atoms with E-state index in [1.165, 1.54) is 58.4 Å². The first-order valence-electron chi connectivity index (χ1n) is 9.60. The number of nitrogens with zero attached hydrogens (tertiary/aromatic N) is 3. The van der Waals surface area contributed by atoms with E-state index in [-0.39, 0.29) is 12.4 Å². The molecule has 0 spiro atoms. The Morgan fingerprint density at radius 3 is 2.17 bits per heavy atom. The molecule has 24 heavy (non-hydrogen) atoms. The molecule has 3 fully saturated rings. The lowest BCUT2D eigenvalue weighted by molar-refractivity contribution is -0.134. The number of piperazine rings is 1. The van der Waals surface area contributed by atoms with Crippen molar-refractivity contribution in [2.45, 2.75) is 32.1 Å². The zero-order chi connectivity index (χ0) is 16.1. The second-order valence-corrected chi connectivity index (χ2v) is 7.83. The third-order valence-corrected chi connectivity index (χ3v) is 6.00. The fourth-order valence-corrected chi connectivity index (χ4v) is 4.23. The Balaban J connectivity index is 0.00000208. The molecule has 3 heterocycles. The van der Waals surface area contributed by atoms with Crippen LogP contribution in [0.2, 0.25) is 0 Å². The molecular weight excluding hydrogens is 324 g/mol. The predicted molar refractivity (Wildman–Crippen MR) is 101 cm³/mol. The Morgan fingerprint density at radius 2 is 1.54 bits per heavy atom. The van der Waals surface area contributed by atoms with E-state index in [1.54, 1.807) is 0 Å². The van der Waals surface area contributed by atoms with Crippen LogP contribution in [0.5, 0.6) is 0 Å². The van der Waals surface area contributed by atoms with Crippen molar-refractivity contribution in [2.75, 3.05) is 66.0 Å². The summed E-state index contributed by atoms with van der Waals surface area (Å²) in [5.74, 6) is 1.90. The second-order valence-electron chi connectivity index (χ2n) is 7.83. The second kappa shape index (κ2) is 9.95. The molecule has 6 heteroatoms. The Hall–Kier alpha value is -0.360. The van der Waals surface area contributed by atoms with Crippen molar-refractivity contribution in [3.63, 3.8) is 0 Å². The van der Waals surface area contributed by atoms with Gasteiger partial charge in [-0.25, -0.2) is 0 Å². The van der Waals surface area contributed by atoms with E-state index in [4.69, 9.17) is 0 Å². The molecule has 0 bridgehead atoms. The lowest BCUT2D eigenvalue weighted by Gasteiger charge is -2.37. The average molecular weight is 359 g/mol. The van der Waals surface area contributed by atoms with Gasteiger partial charge in [0.1, 0.15) is 0 Å². The molecule has 0 aromatic rings. The predicted octanol–water partition coefficient (Wildman–Crippen LogP) is 1.28. The van der Waals surface area contributed by atoms with E-state index in [0.717, 1.165) is 38.5 Å². The van der Waals surface area contributed by atoms with Crippen LogP contribution < -0.4 is 5.32 Å². The van der Waals surface area contributed by atoms with E-state index >= 15 is 0 Å². The summed E-state index contributed by atoms with van der Waals surface area (Å²) in [6.45, 7) is 9.96. The van der Waals surface area contributed by atoms with E-state index in [0.29, 0.717) is 11.8 Å². The molecule has 0 unspecified atom stereocenters. The van der Waals surface area contributed by atoms with E-state index < -0.39 is 0 Å². The molecule has 3 aliphatic heterocycles. The van der Waals surface area contributed by atoms with Gasteiger partial charge in [-0.05, 0) is 70.7 Å². The SMILES string of the molecule is CN1CCN(C(=O)CC2CCN(CC3CCNCC3)CC2)CC1.Cl. The van der Waals surface area contributed by atoms with Crippen molar-refractivity contribution in [1.29, 1.82) is 0 Å². The highest BCUT2D eigenvalue weighted by molar-refractivity contribution is 5.85. The molecule has 3 rings (SSSR count). The Labute approximate surface area is 153 Å². The van der Waals surface area contributed by atoms with E-state index in [2.05, 4.69) is 27.1 Å². The monoisotopic (exact) mass is 358 g/mol. The fraction of sp³-hybridized carbons (Fsp3) is 0.944. The minimum atomic E-state index is 0. The molecule has 0 saturated carbocycles. The van der Waals surface area contributed by atoms with Gasteiger partial charge in [-0.2, -0.15) is 0 Å². The summed E-state index contributed by atoms with van der Waals surface area (Å²) in [6, 6.07) is 0. The largest absolute Gasteiger partial charge is 0.340 e. The van der Waals surface area contributed by atoms with Gasteiger partial charge in [0.2, 0.25) is 5.91 Å². The summed E-state index contributed by atoms with van der Waals surface area (Å²) < 4.78 is 0. The molecule has 5 nitrogen and oxygen atoms in total. The third-order valence-electron chi connectivity index (χ3n) is 6.00. The third kappa shape index (κ3) is 5.87. The number of amides is 1. The summed E-state index contributed by atoms with van der Waals surface area (Å²) >= 11 is 0. The average Bonchev–Trinajstić information content (AvgIpc) is 2.58. The highest BCUT2D eigenvalue weighted by Gasteiger charge is 2.26. The summed E-state index contributed by atoms with van der Waals surface area (Å²) in [5, 5.41) is 3.45. The van der Waals surface area contributed by atoms with Crippen molar-refractivity contribution >= 4 is 18.3 Å². The quantitative estimate of drug-likeness (QED) is 0.821. The number of hydrogen-bond donors (Lipinski definition) is 1. The number of likely N-dealkylation sites (tertiary alicyclic amines) is 1. The van der Waals surface area contributed by atoms with Crippen LogP contribution in [0.3, 0.4) is 0 Å². The molecule has 140 valence electrons. The maximum atomic E-state index is 12.5. The highest BCUT2D eigenvalue weighted by atomic mass is 35.5. The van der Waals surface area contributed by atoms with Gasteiger partial charge >= 0.3 is 0 Å². The Bertz CT molecular complexity index is 373. The first-order valence-corrected chi connectivity index (χ1v) is 9.60. The van der Waals surface area contributed by atoms with Gasteiger partial charge in [0.05, 0.1) is 0 Å². The van der Waals surface area contributed by atoms with Gasteiger partial charge in [0.25, 0.3) is 0 Å². The number of carbonyl (C=O) groups is 1. The van der Waals surface area contributed by atoms with Crippen LogP contribution in [0.4, 0.5) is 0 Å². The van der Waals surface area contributed by atoms with Gasteiger partial charge in [-0.1, -0.05) is 0 Å². The fourth-order valence-electron chi connectivity index (χ4n) is 4.23. The summed E-state index contributed by atoms with van der Waals surface area (Å²) in [7, 11) is 2.14. The molecule has 1 N–H and O–H groups in total. The standard InChI is InChI=1S/C18H34N4O.ClH/c1-20-10-12-22(13-11-20)18(23)14-16-4-8-21(9-5-16)15-17-2-6-19-7-3-17;/h16-17,19H,2-15H2,1H3;1H. The van der Waals surface area contributed by atoms with Crippen LogP contribution in [0.15, 0.2) is 0 Å². The summed E-state index contributed by atoms with van der Waals surface area (Å²) in [5.41, 5.74) is 0. The van der Waals surface area contributed by atoms with Crippen LogP contribution in [-0.4, -0.2) is 86.6 Å². The molecular formula is C18H35ClN4O.